The smallest absolute Gasteiger partial charge is 0.239 e. The lowest BCUT2D eigenvalue weighted by molar-refractivity contribution is -0.132. The molecule has 7 heteroatoms. The molecule has 0 aromatic heterocycles. The molecule has 1 unspecified atom stereocenters. The van der Waals surface area contributed by atoms with Gasteiger partial charge in [-0.15, -0.1) is 11.8 Å². The van der Waals surface area contributed by atoms with Gasteiger partial charge in [0.25, 0.3) is 0 Å². The second kappa shape index (κ2) is 5.39. The summed E-state index contributed by atoms with van der Waals surface area (Å²) in [5, 5.41) is 5.53. The zero-order valence-electron chi connectivity index (χ0n) is 9.40. The Bertz CT molecular complexity index is 338. The van der Waals surface area contributed by atoms with E-state index >= 15 is 0 Å². The van der Waals surface area contributed by atoms with Crippen molar-refractivity contribution in [1.29, 1.82) is 0 Å². The molecule has 2 heterocycles. The van der Waals surface area contributed by atoms with Crippen molar-refractivity contribution in [3.8, 4) is 0 Å². The van der Waals surface area contributed by atoms with Gasteiger partial charge < -0.3 is 15.5 Å². The highest BCUT2D eigenvalue weighted by Gasteiger charge is 2.25. The molecule has 1 atom stereocenters. The van der Waals surface area contributed by atoms with E-state index in [1.807, 2.05) is 0 Å². The first-order valence-corrected chi connectivity index (χ1v) is 6.72. The third-order valence-corrected chi connectivity index (χ3v) is 3.74. The number of thioether (sulfide) groups is 1. The zero-order valence-corrected chi connectivity index (χ0v) is 10.2. The predicted octanol–water partition coefficient (Wildman–Crippen LogP) is -1.09. The van der Waals surface area contributed by atoms with Crippen molar-refractivity contribution in [2.24, 2.45) is 0 Å². The maximum Gasteiger partial charge on any atom is 0.239 e. The fraction of sp³-hybridized carbons (Fsp3) is 0.700. The van der Waals surface area contributed by atoms with Gasteiger partial charge in [-0.25, -0.2) is 0 Å². The monoisotopic (exact) mass is 257 g/mol. The minimum atomic E-state index is -0.151. The number of hydrogen-bond donors (Lipinski definition) is 2. The van der Waals surface area contributed by atoms with Crippen molar-refractivity contribution in [2.75, 3.05) is 24.7 Å². The van der Waals surface area contributed by atoms with Crippen molar-refractivity contribution in [1.82, 2.24) is 15.5 Å². The fourth-order valence-corrected chi connectivity index (χ4v) is 2.75. The largest absolute Gasteiger partial charge is 0.354 e. The summed E-state index contributed by atoms with van der Waals surface area (Å²) in [6.07, 6.45) is 1.11. The van der Waals surface area contributed by atoms with Crippen LogP contribution in [0.1, 0.15) is 12.8 Å². The Hall–Kier alpha value is -1.24. The van der Waals surface area contributed by atoms with Gasteiger partial charge in [0.2, 0.25) is 17.7 Å². The zero-order chi connectivity index (χ0) is 12.3. The normalized spacial score (nSPS) is 24.7. The minimum Gasteiger partial charge on any atom is -0.354 e. The first-order chi connectivity index (χ1) is 8.15. The van der Waals surface area contributed by atoms with Crippen LogP contribution in [-0.2, 0) is 14.4 Å². The van der Waals surface area contributed by atoms with Crippen LogP contribution in [0.5, 0.6) is 0 Å². The van der Waals surface area contributed by atoms with Gasteiger partial charge in [0.15, 0.2) is 0 Å². The fourth-order valence-electron chi connectivity index (χ4n) is 1.84. The van der Waals surface area contributed by atoms with Gasteiger partial charge in [-0.1, -0.05) is 0 Å². The lowest BCUT2D eigenvalue weighted by Crippen LogP contribution is -2.50. The van der Waals surface area contributed by atoms with Gasteiger partial charge in [0.1, 0.15) is 6.54 Å². The average molecular weight is 257 g/mol. The van der Waals surface area contributed by atoms with Crippen LogP contribution < -0.4 is 10.6 Å². The average Bonchev–Trinajstić information content (AvgIpc) is 2.68. The molecular weight excluding hydrogens is 242 g/mol. The lowest BCUT2D eigenvalue weighted by Gasteiger charge is -2.24. The van der Waals surface area contributed by atoms with Crippen LogP contribution in [0.15, 0.2) is 0 Å². The number of amides is 3. The third-order valence-electron chi connectivity index (χ3n) is 2.79. The first-order valence-electron chi connectivity index (χ1n) is 5.57. The molecule has 2 saturated heterocycles. The van der Waals surface area contributed by atoms with E-state index in [0.29, 0.717) is 31.0 Å². The van der Waals surface area contributed by atoms with Crippen LogP contribution in [0.3, 0.4) is 0 Å². The van der Waals surface area contributed by atoms with Crippen LogP contribution in [0.2, 0.25) is 0 Å². The Labute approximate surface area is 103 Å². The summed E-state index contributed by atoms with van der Waals surface area (Å²) in [6, 6.07) is -0.00874. The van der Waals surface area contributed by atoms with E-state index in [2.05, 4.69) is 10.6 Å². The maximum atomic E-state index is 11.7. The van der Waals surface area contributed by atoms with E-state index in [-0.39, 0.29) is 30.3 Å². The molecule has 0 bridgehead atoms. The molecule has 0 radical (unpaired) electrons. The second-order valence-corrected chi connectivity index (χ2v) is 5.13. The molecule has 2 fully saturated rings. The molecule has 17 heavy (non-hydrogen) atoms. The van der Waals surface area contributed by atoms with E-state index in [1.54, 1.807) is 4.90 Å². The molecule has 0 aromatic rings. The number of nitrogens with zero attached hydrogens (tertiary/aromatic N) is 1. The Morgan fingerprint density at radius 3 is 2.94 bits per heavy atom. The lowest BCUT2D eigenvalue weighted by atomic mass is 10.1. The van der Waals surface area contributed by atoms with Crippen molar-refractivity contribution < 1.29 is 14.4 Å². The molecule has 3 amide bonds. The SMILES string of the molecule is O=C1CCC(NC(=O)CN2CSCC2=O)CN1. The third kappa shape index (κ3) is 3.36. The number of hydrogen-bond acceptors (Lipinski definition) is 4. The number of carbonyl (C=O) groups is 3. The summed E-state index contributed by atoms with van der Waals surface area (Å²) in [5.74, 6) is 0.950. The number of piperidine rings is 1. The second-order valence-electron chi connectivity index (χ2n) is 4.18. The van der Waals surface area contributed by atoms with E-state index in [0.717, 1.165) is 0 Å². The highest BCUT2D eigenvalue weighted by Crippen LogP contribution is 2.14. The molecule has 0 aromatic carbocycles. The first kappa shape index (κ1) is 12.2. The van der Waals surface area contributed by atoms with Crippen LogP contribution >= 0.6 is 11.8 Å². The van der Waals surface area contributed by atoms with E-state index in [4.69, 9.17) is 0 Å². The van der Waals surface area contributed by atoms with Crippen molar-refractivity contribution in [2.45, 2.75) is 18.9 Å². The summed E-state index contributed by atoms with van der Waals surface area (Å²) in [7, 11) is 0. The van der Waals surface area contributed by atoms with E-state index in [9.17, 15) is 14.4 Å². The Balaban J connectivity index is 1.73. The van der Waals surface area contributed by atoms with Crippen LogP contribution in [0, 0.1) is 0 Å². The molecule has 0 aliphatic carbocycles. The van der Waals surface area contributed by atoms with Gasteiger partial charge in [0.05, 0.1) is 11.6 Å². The van der Waals surface area contributed by atoms with Crippen LogP contribution in [-0.4, -0.2) is 53.4 Å². The predicted molar refractivity (Wildman–Crippen MR) is 63.2 cm³/mol. The van der Waals surface area contributed by atoms with Crippen molar-refractivity contribution >= 4 is 29.5 Å². The van der Waals surface area contributed by atoms with E-state index < -0.39 is 0 Å². The van der Waals surface area contributed by atoms with Gasteiger partial charge in [-0.2, -0.15) is 0 Å². The number of rotatable bonds is 3. The molecular formula is C10H15N3O3S. The highest BCUT2D eigenvalue weighted by molar-refractivity contribution is 8.00. The van der Waals surface area contributed by atoms with Gasteiger partial charge in [-0.3, -0.25) is 14.4 Å². The molecule has 0 spiro atoms. The standard InChI is InChI=1S/C10H15N3O3S/c14-8-2-1-7(3-11-8)12-9(15)4-13-6-17-5-10(13)16/h7H,1-6H2,(H,11,14)(H,12,15). The highest BCUT2D eigenvalue weighted by atomic mass is 32.2. The summed E-state index contributed by atoms with van der Waals surface area (Å²) >= 11 is 1.52. The van der Waals surface area contributed by atoms with Gasteiger partial charge in [-0.05, 0) is 6.42 Å². The van der Waals surface area contributed by atoms with Crippen molar-refractivity contribution in [3.05, 3.63) is 0 Å². The molecule has 2 rings (SSSR count). The molecule has 2 aliphatic rings. The maximum absolute atomic E-state index is 11.7. The van der Waals surface area contributed by atoms with Crippen LogP contribution in [0.4, 0.5) is 0 Å². The summed E-state index contributed by atoms with van der Waals surface area (Å²) < 4.78 is 0. The van der Waals surface area contributed by atoms with Gasteiger partial charge in [0, 0.05) is 19.0 Å². The number of nitrogens with one attached hydrogen (secondary N) is 2. The topological polar surface area (TPSA) is 78.5 Å². The van der Waals surface area contributed by atoms with Gasteiger partial charge >= 0.3 is 0 Å². The summed E-state index contributed by atoms with van der Waals surface area (Å²) in [5.41, 5.74) is 0. The van der Waals surface area contributed by atoms with E-state index in [1.165, 1.54) is 11.8 Å². The summed E-state index contributed by atoms with van der Waals surface area (Å²) in [4.78, 5) is 35.5. The molecule has 2 aliphatic heterocycles. The molecule has 2 N–H and O–H groups in total. The quantitative estimate of drug-likeness (QED) is 0.674. The molecule has 0 saturated carbocycles. The Morgan fingerprint density at radius 1 is 1.53 bits per heavy atom. The Kier molecular flexibility index (Phi) is 3.88. The molecule has 94 valence electrons. The summed E-state index contributed by atoms with van der Waals surface area (Å²) in [6.45, 7) is 0.601. The molecule has 6 nitrogen and oxygen atoms in total. The minimum absolute atomic E-state index is 0.00874. The van der Waals surface area contributed by atoms with Crippen molar-refractivity contribution in [3.63, 3.8) is 0 Å². The van der Waals surface area contributed by atoms with Crippen LogP contribution in [0.25, 0.3) is 0 Å². The number of carbonyl (C=O) groups excluding carboxylic acids is 3. The Morgan fingerprint density at radius 2 is 2.35 bits per heavy atom.